The number of carbonyl (C=O) groups excluding carboxylic acids is 1. The Labute approximate surface area is 131 Å². The summed E-state index contributed by atoms with van der Waals surface area (Å²) in [6, 6.07) is 0. The van der Waals surface area contributed by atoms with E-state index in [4.69, 9.17) is 10.5 Å². The smallest absolute Gasteiger partial charge is 0.271 e. The van der Waals surface area contributed by atoms with Crippen molar-refractivity contribution in [3.05, 3.63) is 32.2 Å². The van der Waals surface area contributed by atoms with E-state index in [9.17, 15) is 4.79 Å². The molecule has 0 aliphatic rings. The normalized spacial score (nSPS) is 12.3. The van der Waals surface area contributed by atoms with Crippen LogP contribution in [0, 0.1) is 0 Å². The average molecular weight is 326 g/mol. The number of nitrogens with two attached hydrogens (primary N) is 1. The zero-order valence-electron chi connectivity index (χ0n) is 12.0. The van der Waals surface area contributed by atoms with Gasteiger partial charge in [0.2, 0.25) is 0 Å². The molecule has 2 aromatic heterocycles. The first-order valence-corrected chi connectivity index (χ1v) is 8.29. The van der Waals surface area contributed by atoms with Gasteiger partial charge >= 0.3 is 0 Å². The molecule has 21 heavy (non-hydrogen) atoms. The fourth-order valence-corrected chi connectivity index (χ4v) is 3.25. The van der Waals surface area contributed by atoms with E-state index >= 15 is 0 Å². The van der Waals surface area contributed by atoms with E-state index < -0.39 is 0 Å². The fourth-order valence-electron chi connectivity index (χ4n) is 1.61. The number of nitrogens with one attached hydrogen (secondary N) is 1. The quantitative estimate of drug-likeness (QED) is 0.809. The number of ether oxygens (including phenoxy) is 1. The highest BCUT2D eigenvalue weighted by atomic mass is 32.1. The molecule has 0 aliphatic heterocycles. The first-order chi connectivity index (χ1) is 10.1. The standard InChI is InChI=1S/C13H18N4O2S2/c1-8(19-2)13-16-9(6-21-13)5-15-12(18)10-7-20-11(17-10)3-4-14/h6-8H,3-5,14H2,1-2H3,(H,15,18). The van der Waals surface area contributed by atoms with Gasteiger partial charge in [-0.1, -0.05) is 0 Å². The number of aromatic nitrogens is 2. The largest absolute Gasteiger partial charge is 0.375 e. The van der Waals surface area contributed by atoms with Gasteiger partial charge in [-0.2, -0.15) is 0 Å². The first-order valence-electron chi connectivity index (χ1n) is 6.53. The third-order valence-corrected chi connectivity index (χ3v) is 4.81. The molecule has 2 aromatic rings. The van der Waals surface area contributed by atoms with Gasteiger partial charge in [-0.15, -0.1) is 22.7 Å². The summed E-state index contributed by atoms with van der Waals surface area (Å²) >= 11 is 2.98. The minimum atomic E-state index is -0.191. The lowest BCUT2D eigenvalue weighted by Gasteiger charge is -2.04. The van der Waals surface area contributed by atoms with Crippen LogP contribution in [-0.2, 0) is 17.7 Å². The Kier molecular flexibility index (Phi) is 5.80. The number of hydrogen-bond donors (Lipinski definition) is 2. The maximum Gasteiger partial charge on any atom is 0.271 e. The van der Waals surface area contributed by atoms with Gasteiger partial charge in [-0.25, -0.2) is 9.97 Å². The van der Waals surface area contributed by atoms with E-state index in [0.29, 0.717) is 25.2 Å². The highest BCUT2D eigenvalue weighted by Gasteiger charge is 2.12. The van der Waals surface area contributed by atoms with Crippen LogP contribution in [0.1, 0.15) is 39.2 Å². The zero-order chi connectivity index (χ0) is 15.2. The van der Waals surface area contributed by atoms with Crippen LogP contribution in [0.15, 0.2) is 10.8 Å². The Hall–Kier alpha value is -1.35. The molecule has 1 atom stereocenters. The third-order valence-electron chi connectivity index (χ3n) is 2.84. The Bertz CT molecular complexity index is 597. The SMILES string of the molecule is COC(C)c1nc(CNC(=O)c2csc(CCN)n2)cs1. The van der Waals surface area contributed by atoms with Crippen molar-refractivity contribution < 1.29 is 9.53 Å². The van der Waals surface area contributed by atoms with E-state index in [2.05, 4.69) is 15.3 Å². The third kappa shape index (κ3) is 4.31. The van der Waals surface area contributed by atoms with Gasteiger partial charge in [-0.05, 0) is 13.5 Å². The van der Waals surface area contributed by atoms with Crippen molar-refractivity contribution in [3.63, 3.8) is 0 Å². The summed E-state index contributed by atoms with van der Waals surface area (Å²) in [6.07, 6.45) is 0.666. The summed E-state index contributed by atoms with van der Waals surface area (Å²) in [5, 5.41) is 8.28. The number of thiazole rings is 2. The first kappa shape index (κ1) is 16.0. The summed E-state index contributed by atoms with van der Waals surface area (Å²) in [7, 11) is 1.65. The summed E-state index contributed by atoms with van der Waals surface area (Å²) < 4.78 is 5.21. The molecule has 1 amide bonds. The lowest BCUT2D eigenvalue weighted by Crippen LogP contribution is -2.23. The number of rotatable bonds is 7. The van der Waals surface area contributed by atoms with Crippen LogP contribution in [0.2, 0.25) is 0 Å². The minimum absolute atomic E-state index is 0.0307. The molecule has 6 nitrogen and oxygen atoms in total. The fraction of sp³-hybridized carbons (Fsp3) is 0.462. The van der Waals surface area contributed by atoms with Crippen molar-refractivity contribution in [2.45, 2.75) is 26.0 Å². The van der Waals surface area contributed by atoms with E-state index in [-0.39, 0.29) is 12.0 Å². The van der Waals surface area contributed by atoms with Crippen molar-refractivity contribution in [1.82, 2.24) is 15.3 Å². The molecule has 3 N–H and O–H groups in total. The molecule has 0 saturated carbocycles. The highest BCUT2D eigenvalue weighted by molar-refractivity contribution is 7.10. The van der Waals surface area contributed by atoms with E-state index in [1.807, 2.05) is 12.3 Å². The predicted octanol–water partition coefficient (Wildman–Crippen LogP) is 1.74. The molecule has 0 bridgehead atoms. The molecule has 1 unspecified atom stereocenters. The summed E-state index contributed by atoms with van der Waals surface area (Å²) in [5.41, 5.74) is 6.73. The van der Waals surface area contributed by atoms with Crippen molar-refractivity contribution in [2.24, 2.45) is 5.73 Å². The second-order valence-corrected chi connectivity index (χ2v) is 6.24. The molecule has 2 heterocycles. The van der Waals surface area contributed by atoms with Gasteiger partial charge < -0.3 is 15.8 Å². The molecule has 2 rings (SSSR count). The zero-order valence-corrected chi connectivity index (χ0v) is 13.6. The Balaban J connectivity index is 1.89. The molecule has 8 heteroatoms. The van der Waals surface area contributed by atoms with Crippen molar-refractivity contribution in [3.8, 4) is 0 Å². The van der Waals surface area contributed by atoms with Gasteiger partial charge in [0, 0.05) is 24.3 Å². The maximum absolute atomic E-state index is 12.0. The highest BCUT2D eigenvalue weighted by Crippen LogP contribution is 2.20. The van der Waals surface area contributed by atoms with Gasteiger partial charge in [0.1, 0.15) is 16.8 Å². The van der Waals surface area contributed by atoms with Crippen LogP contribution in [0.4, 0.5) is 0 Å². The van der Waals surface area contributed by atoms with Gasteiger partial charge in [-0.3, -0.25) is 4.79 Å². The number of carbonyl (C=O) groups is 1. The Morgan fingerprint density at radius 3 is 2.95 bits per heavy atom. The molecule has 114 valence electrons. The summed E-state index contributed by atoms with van der Waals surface area (Å²) in [4.78, 5) is 20.7. The van der Waals surface area contributed by atoms with E-state index in [1.54, 1.807) is 12.5 Å². The minimum Gasteiger partial charge on any atom is -0.375 e. The van der Waals surface area contributed by atoms with Gasteiger partial charge in [0.15, 0.2) is 0 Å². The van der Waals surface area contributed by atoms with E-state index in [0.717, 1.165) is 15.7 Å². The lowest BCUT2D eigenvalue weighted by atomic mass is 10.4. The van der Waals surface area contributed by atoms with Crippen LogP contribution in [0.3, 0.4) is 0 Å². The van der Waals surface area contributed by atoms with E-state index in [1.165, 1.54) is 22.7 Å². The molecule has 0 radical (unpaired) electrons. The Morgan fingerprint density at radius 1 is 1.43 bits per heavy atom. The molecular weight excluding hydrogens is 308 g/mol. The van der Waals surface area contributed by atoms with Crippen LogP contribution >= 0.6 is 22.7 Å². The number of hydrogen-bond acceptors (Lipinski definition) is 7. The van der Waals surface area contributed by atoms with Crippen molar-refractivity contribution >= 4 is 28.6 Å². The van der Waals surface area contributed by atoms with Crippen molar-refractivity contribution in [1.29, 1.82) is 0 Å². The second-order valence-electron chi connectivity index (χ2n) is 4.40. The molecule has 0 aromatic carbocycles. The number of amides is 1. The van der Waals surface area contributed by atoms with Crippen LogP contribution in [0.5, 0.6) is 0 Å². The summed E-state index contributed by atoms with van der Waals surface area (Å²) in [6.45, 7) is 2.86. The van der Waals surface area contributed by atoms with Gasteiger partial charge in [0.25, 0.3) is 5.91 Å². The lowest BCUT2D eigenvalue weighted by molar-refractivity contribution is 0.0946. The molecule has 0 spiro atoms. The maximum atomic E-state index is 12.0. The van der Waals surface area contributed by atoms with Crippen LogP contribution in [-0.4, -0.2) is 29.5 Å². The number of nitrogens with zero attached hydrogens (tertiary/aromatic N) is 2. The molecule has 0 aliphatic carbocycles. The second kappa shape index (κ2) is 7.60. The Morgan fingerprint density at radius 2 is 2.24 bits per heavy atom. The molecule has 0 fully saturated rings. The number of methoxy groups -OCH3 is 1. The molecule has 0 saturated heterocycles. The van der Waals surface area contributed by atoms with Gasteiger partial charge in [0.05, 0.1) is 17.2 Å². The van der Waals surface area contributed by atoms with Crippen LogP contribution < -0.4 is 11.1 Å². The molecular formula is C13H18N4O2S2. The topological polar surface area (TPSA) is 90.1 Å². The summed E-state index contributed by atoms with van der Waals surface area (Å²) in [5.74, 6) is -0.191. The van der Waals surface area contributed by atoms with Crippen LogP contribution in [0.25, 0.3) is 0 Å². The average Bonchev–Trinajstić information content (AvgIpc) is 3.13. The van der Waals surface area contributed by atoms with Crippen molar-refractivity contribution in [2.75, 3.05) is 13.7 Å². The predicted molar refractivity (Wildman–Crippen MR) is 83.6 cm³/mol. The monoisotopic (exact) mass is 326 g/mol.